The summed E-state index contributed by atoms with van der Waals surface area (Å²) in [5.74, 6) is 1.21. The molecule has 2 aromatic rings. The van der Waals surface area contributed by atoms with Crippen LogP contribution >= 0.6 is 22.9 Å². The van der Waals surface area contributed by atoms with Crippen molar-refractivity contribution in [2.75, 3.05) is 12.7 Å². The van der Waals surface area contributed by atoms with Gasteiger partial charge in [-0.15, -0.1) is 22.9 Å². The third-order valence-electron chi connectivity index (χ3n) is 2.53. The van der Waals surface area contributed by atoms with E-state index in [0.717, 1.165) is 16.3 Å². The lowest BCUT2D eigenvalue weighted by molar-refractivity contribution is 0.101. The highest BCUT2D eigenvalue weighted by Gasteiger charge is 2.16. The van der Waals surface area contributed by atoms with Crippen LogP contribution in [-0.4, -0.2) is 23.4 Å². The van der Waals surface area contributed by atoms with Crippen molar-refractivity contribution in [3.05, 3.63) is 29.3 Å². The van der Waals surface area contributed by atoms with Crippen molar-refractivity contribution in [3.63, 3.8) is 0 Å². The topological polar surface area (TPSA) is 48.4 Å². The summed E-state index contributed by atoms with van der Waals surface area (Å²) in [4.78, 5) is 15.7. The second-order valence-corrected chi connectivity index (χ2v) is 4.79. The number of Topliss-reactive ketones (excluding diaryl/α,β-unsaturated/α-hetero) is 1. The van der Waals surface area contributed by atoms with Crippen LogP contribution in [0.15, 0.2) is 23.6 Å². The second-order valence-electron chi connectivity index (χ2n) is 3.66. The maximum absolute atomic E-state index is 11.4. The monoisotopic (exact) mass is 281 g/mol. The molecule has 92 valence electrons. The van der Waals surface area contributed by atoms with E-state index in [-0.39, 0.29) is 18.5 Å². The Balaban J connectivity index is 1.95. The van der Waals surface area contributed by atoms with Crippen LogP contribution < -0.4 is 9.47 Å². The fraction of sp³-hybridized carbons (Fsp3) is 0.167. The number of fused-ring (bicyclic) bond motifs is 1. The van der Waals surface area contributed by atoms with E-state index in [0.29, 0.717) is 11.4 Å². The van der Waals surface area contributed by atoms with E-state index in [9.17, 15) is 4.79 Å². The summed E-state index contributed by atoms with van der Waals surface area (Å²) in [5, 5.41) is 2.48. The number of ketones is 1. The van der Waals surface area contributed by atoms with E-state index in [2.05, 4.69) is 4.98 Å². The quantitative estimate of drug-likeness (QED) is 0.641. The average Bonchev–Trinajstić information content (AvgIpc) is 3.05. The number of hydrogen-bond donors (Lipinski definition) is 0. The molecule has 0 fully saturated rings. The molecule has 3 rings (SSSR count). The Morgan fingerprint density at radius 2 is 2.22 bits per heavy atom. The number of thiazole rings is 1. The molecular weight excluding hydrogens is 274 g/mol. The number of rotatable bonds is 3. The van der Waals surface area contributed by atoms with Crippen LogP contribution in [0.2, 0.25) is 0 Å². The van der Waals surface area contributed by atoms with E-state index >= 15 is 0 Å². The van der Waals surface area contributed by atoms with Crippen molar-refractivity contribution < 1.29 is 14.3 Å². The van der Waals surface area contributed by atoms with Crippen molar-refractivity contribution in [1.82, 2.24) is 4.98 Å². The van der Waals surface area contributed by atoms with Crippen LogP contribution in [0.25, 0.3) is 10.6 Å². The number of hydrogen-bond acceptors (Lipinski definition) is 5. The van der Waals surface area contributed by atoms with Gasteiger partial charge in [-0.05, 0) is 18.2 Å². The van der Waals surface area contributed by atoms with Gasteiger partial charge in [0.15, 0.2) is 17.3 Å². The first-order chi connectivity index (χ1) is 8.78. The third kappa shape index (κ3) is 1.95. The van der Waals surface area contributed by atoms with E-state index in [4.69, 9.17) is 21.1 Å². The molecule has 0 atom stereocenters. The van der Waals surface area contributed by atoms with Crippen molar-refractivity contribution >= 4 is 28.7 Å². The fourth-order valence-corrected chi connectivity index (χ4v) is 2.59. The average molecular weight is 282 g/mol. The Labute approximate surface area is 112 Å². The zero-order chi connectivity index (χ0) is 12.5. The number of ether oxygens (including phenoxy) is 2. The van der Waals surface area contributed by atoms with Crippen LogP contribution in [0.5, 0.6) is 11.5 Å². The number of alkyl halides is 1. The molecular formula is C12H8ClNO3S. The van der Waals surface area contributed by atoms with Crippen molar-refractivity contribution in [2.24, 2.45) is 0 Å². The summed E-state index contributed by atoms with van der Waals surface area (Å²) in [7, 11) is 0. The minimum Gasteiger partial charge on any atom is -0.454 e. The molecule has 0 unspecified atom stereocenters. The molecule has 0 radical (unpaired) electrons. The van der Waals surface area contributed by atoms with Gasteiger partial charge in [0.25, 0.3) is 0 Å². The molecule has 0 aliphatic carbocycles. The van der Waals surface area contributed by atoms with Gasteiger partial charge >= 0.3 is 0 Å². The first kappa shape index (κ1) is 11.5. The minimum atomic E-state index is -0.167. The SMILES string of the molecule is O=C(CCl)c1csc(-c2ccc3c(c2)OCO3)n1. The lowest BCUT2D eigenvalue weighted by Gasteiger charge is -1.98. The Hall–Kier alpha value is -1.59. The molecule has 1 aliphatic rings. The van der Waals surface area contributed by atoms with Gasteiger partial charge in [0.2, 0.25) is 6.79 Å². The third-order valence-corrected chi connectivity index (χ3v) is 3.66. The summed E-state index contributed by atoms with van der Waals surface area (Å²) in [5.41, 5.74) is 1.31. The Kier molecular flexibility index (Phi) is 2.93. The second kappa shape index (κ2) is 4.59. The molecule has 18 heavy (non-hydrogen) atoms. The highest BCUT2D eigenvalue weighted by molar-refractivity contribution is 7.13. The molecule has 2 heterocycles. The predicted octanol–water partition coefficient (Wildman–Crippen LogP) is 2.96. The van der Waals surface area contributed by atoms with E-state index in [1.54, 1.807) is 5.38 Å². The number of halogens is 1. The van der Waals surface area contributed by atoms with Crippen LogP contribution in [0, 0.1) is 0 Å². The van der Waals surface area contributed by atoms with Crippen molar-refractivity contribution in [1.29, 1.82) is 0 Å². The van der Waals surface area contributed by atoms with Gasteiger partial charge in [-0.25, -0.2) is 4.98 Å². The van der Waals surface area contributed by atoms with Crippen LogP contribution in [0.1, 0.15) is 10.5 Å². The van der Waals surface area contributed by atoms with Crippen molar-refractivity contribution in [3.8, 4) is 22.1 Å². The van der Waals surface area contributed by atoms with Gasteiger partial charge in [-0.3, -0.25) is 4.79 Å². The molecule has 0 amide bonds. The zero-order valence-electron chi connectivity index (χ0n) is 9.18. The van der Waals surface area contributed by atoms with Gasteiger partial charge in [-0.1, -0.05) is 0 Å². The highest BCUT2D eigenvalue weighted by Crippen LogP contribution is 2.36. The van der Waals surface area contributed by atoms with Gasteiger partial charge in [-0.2, -0.15) is 0 Å². The number of benzene rings is 1. The number of carbonyl (C=O) groups excluding carboxylic acids is 1. The summed E-state index contributed by atoms with van der Waals surface area (Å²) in [6, 6.07) is 5.58. The van der Waals surface area contributed by atoms with E-state index in [1.807, 2.05) is 18.2 Å². The molecule has 6 heteroatoms. The first-order valence-corrected chi connectivity index (χ1v) is 6.64. The molecule has 0 bridgehead atoms. The van der Waals surface area contributed by atoms with Gasteiger partial charge in [0.1, 0.15) is 10.7 Å². The number of aromatic nitrogens is 1. The molecule has 0 N–H and O–H groups in total. The normalized spacial score (nSPS) is 12.7. The highest BCUT2D eigenvalue weighted by atomic mass is 35.5. The molecule has 1 aromatic heterocycles. The lowest BCUT2D eigenvalue weighted by atomic mass is 10.2. The summed E-state index contributed by atoms with van der Waals surface area (Å²) in [6.07, 6.45) is 0. The van der Waals surface area contributed by atoms with Gasteiger partial charge in [0, 0.05) is 10.9 Å². The lowest BCUT2D eigenvalue weighted by Crippen LogP contribution is -1.99. The van der Waals surface area contributed by atoms with Crippen LogP contribution in [0.4, 0.5) is 0 Å². The van der Waals surface area contributed by atoms with Crippen LogP contribution in [-0.2, 0) is 0 Å². The van der Waals surface area contributed by atoms with Crippen molar-refractivity contribution in [2.45, 2.75) is 0 Å². The van der Waals surface area contributed by atoms with Gasteiger partial charge in [0.05, 0.1) is 5.88 Å². The molecule has 0 spiro atoms. The molecule has 1 aliphatic heterocycles. The Bertz CT molecular complexity index is 611. The first-order valence-electron chi connectivity index (χ1n) is 5.22. The smallest absolute Gasteiger partial charge is 0.231 e. The van der Waals surface area contributed by atoms with Gasteiger partial charge < -0.3 is 9.47 Å². The summed E-state index contributed by atoms with van der Waals surface area (Å²) >= 11 is 6.90. The number of nitrogens with zero attached hydrogens (tertiary/aromatic N) is 1. The number of carbonyl (C=O) groups is 1. The predicted molar refractivity (Wildman–Crippen MR) is 68.7 cm³/mol. The largest absolute Gasteiger partial charge is 0.454 e. The summed E-state index contributed by atoms with van der Waals surface area (Å²) < 4.78 is 10.5. The summed E-state index contributed by atoms with van der Waals surface area (Å²) in [6.45, 7) is 0.243. The van der Waals surface area contributed by atoms with E-state index < -0.39 is 0 Å². The fourth-order valence-electron chi connectivity index (χ4n) is 1.63. The molecule has 1 aromatic carbocycles. The Morgan fingerprint density at radius 3 is 3.06 bits per heavy atom. The minimum absolute atomic E-state index is 0.0513. The standard InChI is InChI=1S/C12H8ClNO3S/c13-4-9(15)8-5-18-12(14-8)7-1-2-10-11(3-7)17-6-16-10/h1-3,5H,4,6H2. The maximum Gasteiger partial charge on any atom is 0.231 e. The molecule has 4 nitrogen and oxygen atoms in total. The van der Waals surface area contributed by atoms with E-state index in [1.165, 1.54) is 11.3 Å². The Morgan fingerprint density at radius 1 is 1.39 bits per heavy atom. The molecule has 0 saturated carbocycles. The van der Waals surface area contributed by atoms with Crippen LogP contribution in [0.3, 0.4) is 0 Å². The molecule has 0 saturated heterocycles. The maximum atomic E-state index is 11.4. The zero-order valence-corrected chi connectivity index (χ0v) is 10.8.